The SMILES string of the molecule is CCC(CC)N1CC(C(=O)Nc2cccc(CCC(=O)O)c2)CC1=O. The summed E-state index contributed by atoms with van der Waals surface area (Å²) in [4.78, 5) is 37.2. The lowest BCUT2D eigenvalue weighted by Gasteiger charge is -2.26. The molecule has 1 aromatic rings. The smallest absolute Gasteiger partial charge is 0.303 e. The fourth-order valence-electron chi connectivity index (χ4n) is 3.29. The van der Waals surface area contributed by atoms with Crippen LogP contribution in [-0.2, 0) is 20.8 Å². The average Bonchev–Trinajstić information content (AvgIpc) is 2.97. The van der Waals surface area contributed by atoms with E-state index in [4.69, 9.17) is 5.11 Å². The van der Waals surface area contributed by atoms with Gasteiger partial charge >= 0.3 is 5.97 Å². The van der Waals surface area contributed by atoms with Crippen LogP contribution >= 0.6 is 0 Å². The maximum Gasteiger partial charge on any atom is 0.303 e. The maximum absolute atomic E-state index is 12.5. The molecule has 1 heterocycles. The summed E-state index contributed by atoms with van der Waals surface area (Å²) in [6.45, 7) is 4.57. The van der Waals surface area contributed by atoms with Crippen molar-refractivity contribution in [3.63, 3.8) is 0 Å². The van der Waals surface area contributed by atoms with Crippen molar-refractivity contribution < 1.29 is 19.5 Å². The predicted octanol–water partition coefficient (Wildman–Crippen LogP) is 2.68. The topological polar surface area (TPSA) is 86.7 Å². The van der Waals surface area contributed by atoms with Gasteiger partial charge in [-0.15, -0.1) is 0 Å². The van der Waals surface area contributed by atoms with E-state index in [1.165, 1.54) is 0 Å². The molecule has 25 heavy (non-hydrogen) atoms. The van der Waals surface area contributed by atoms with Gasteiger partial charge in [-0.25, -0.2) is 0 Å². The number of likely N-dealkylation sites (tertiary alicyclic amines) is 1. The van der Waals surface area contributed by atoms with Crippen LogP contribution in [0.25, 0.3) is 0 Å². The highest BCUT2D eigenvalue weighted by Gasteiger charge is 2.36. The van der Waals surface area contributed by atoms with Crippen molar-refractivity contribution in [3.8, 4) is 0 Å². The highest BCUT2D eigenvalue weighted by molar-refractivity contribution is 5.97. The minimum Gasteiger partial charge on any atom is -0.481 e. The van der Waals surface area contributed by atoms with E-state index >= 15 is 0 Å². The second-order valence-corrected chi connectivity index (χ2v) is 6.50. The van der Waals surface area contributed by atoms with Crippen LogP contribution in [0.1, 0.15) is 45.1 Å². The van der Waals surface area contributed by atoms with Crippen molar-refractivity contribution in [2.24, 2.45) is 5.92 Å². The number of benzene rings is 1. The highest BCUT2D eigenvalue weighted by atomic mass is 16.4. The van der Waals surface area contributed by atoms with Crippen molar-refractivity contribution in [1.82, 2.24) is 4.90 Å². The van der Waals surface area contributed by atoms with Crippen molar-refractivity contribution in [2.75, 3.05) is 11.9 Å². The largest absolute Gasteiger partial charge is 0.481 e. The first-order chi connectivity index (χ1) is 11.9. The summed E-state index contributed by atoms with van der Waals surface area (Å²) in [6.07, 6.45) is 2.51. The molecule has 6 nitrogen and oxygen atoms in total. The zero-order valence-corrected chi connectivity index (χ0v) is 14.8. The third-order valence-corrected chi connectivity index (χ3v) is 4.73. The van der Waals surface area contributed by atoms with Gasteiger partial charge in [0.2, 0.25) is 11.8 Å². The molecule has 0 bridgehead atoms. The molecule has 1 aliphatic rings. The van der Waals surface area contributed by atoms with Gasteiger partial charge in [0.25, 0.3) is 0 Å². The molecule has 0 saturated carbocycles. The van der Waals surface area contributed by atoms with Gasteiger partial charge in [0.15, 0.2) is 0 Å². The molecule has 1 fully saturated rings. The normalized spacial score (nSPS) is 17.2. The molecule has 1 aromatic carbocycles. The molecular weight excluding hydrogens is 320 g/mol. The molecule has 1 saturated heterocycles. The van der Waals surface area contributed by atoms with E-state index < -0.39 is 5.97 Å². The van der Waals surface area contributed by atoms with E-state index in [1.54, 1.807) is 18.2 Å². The second-order valence-electron chi connectivity index (χ2n) is 6.50. The summed E-state index contributed by atoms with van der Waals surface area (Å²) in [5.74, 6) is -1.29. The van der Waals surface area contributed by atoms with E-state index in [0.717, 1.165) is 18.4 Å². The van der Waals surface area contributed by atoms with Crippen LogP contribution in [0.3, 0.4) is 0 Å². The summed E-state index contributed by atoms with van der Waals surface area (Å²) in [5, 5.41) is 11.6. The van der Waals surface area contributed by atoms with Crippen LogP contribution < -0.4 is 5.32 Å². The fraction of sp³-hybridized carbons (Fsp3) is 0.526. The summed E-state index contributed by atoms with van der Waals surface area (Å²) in [7, 11) is 0. The monoisotopic (exact) mass is 346 g/mol. The molecule has 0 aromatic heterocycles. The number of carboxylic acids is 1. The fourth-order valence-corrected chi connectivity index (χ4v) is 3.29. The molecule has 1 aliphatic heterocycles. The first kappa shape index (κ1) is 19.0. The number of aliphatic carboxylic acids is 1. The van der Waals surface area contributed by atoms with Gasteiger partial charge in [-0.1, -0.05) is 26.0 Å². The third-order valence-electron chi connectivity index (χ3n) is 4.73. The molecule has 0 spiro atoms. The lowest BCUT2D eigenvalue weighted by atomic mass is 10.1. The number of hydrogen-bond donors (Lipinski definition) is 2. The van der Waals surface area contributed by atoms with E-state index in [1.807, 2.05) is 11.0 Å². The minimum atomic E-state index is -0.847. The average molecular weight is 346 g/mol. The molecule has 2 N–H and O–H groups in total. The van der Waals surface area contributed by atoms with Crippen LogP contribution in [-0.4, -0.2) is 40.4 Å². The van der Waals surface area contributed by atoms with Gasteiger partial charge in [-0.3, -0.25) is 14.4 Å². The minimum absolute atomic E-state index is 0.0454. The third kappa shape index (κ3) is 5.05. The molecule has 1 unspecified atom stereocenters. The summed E-state index contributed by atoms with van der Waals surface area (Å²) in [5.41, 5.74) is 1.50. The molecule has 0 radical (unpaired) electrons. The van der Waals surface area contributed by atoms with Gasteiger partial charge in [-0.2, -0.15) is 0 Å². The van der Waals surface area contributed by atoms with Crippen molar-refractivity contribution in [2.45, 2.75) is 52.0 Å². The lowest BCUT2D eigenvalue weighted by Crippen LogP contribution is -2.36. The molecular formula is C19H26N2O4. The Morgan fingerprint density at radius 2 is 2.04 bits per heavy atom. The number of nitrogens with one attached hydrogen (secondary N) is 1. The number of carboxylic acid groups (broad SMARTS) is 1. The molecule has 2 rings (SSSR count). The Morgan fingerprint density at radius 1 is 1.32 bits per heavy atom. The van der Waals surface area contributed by atoms with E-state index in [0.29, 0.717) is 18.7 Å². The molecule has 0 aliphatic carbocycles. The van der Waals surface area contributed by atoms with Crippen LogP contribution in [0.4, 0.5) is 5.69 Å². The quantitative estimate of drug-likeness (QED) is 0.758. The van der Waals surface area contributed by atoms with Gasteiger partial charge in [-0.05, 0) is 37.0 Å². The van der Waals surface area contributed by atoms with Crippen LogP contribution in [0, 0.1) is 5.92 Å². The number of carbonyl (C=O) groups excluding carboxylic acids is 2. The first-order valence-electron chi connectivity index (χ1n) is 8.85. The van der Waals surface area contributed by atoms with E-state index in [-0.39, 0.29) is 36.6 Å². The zero-order valence-electron chi connectivity index (χ0n) is 14.8. The van der Waals surface area contributed by atoms with Crippen LogP contribution in [0.15, 0.2) is 24.3 Å². The second kappa shape index (κ2) is 8.65. The first-order valence-corrected chi connectivity index (χ1v) is 8.85. The number of anilines is 1. The van der Waals surface area contributed by atoms with Gasteiger partial charge in [0.05, 0.1) is 5.92 Å². The van der Waals surface area contributed by atoms with Crippen molar-refractivity contribution in [1.29, 1.82) is 0 Å². The van der Waals surface area contributed by atoms with Crippen molar-refractivity contribution in [3.05, 3.63) is 29.8 Å². The number of rotatable bonds is 8. The molecule has 2 amide bonds. The van der Waals surface area contributed by atoms with Gasteiger partial charge in [0.1, 0.15) is 0 Å². The Bertz CT molecular complexity index is 640. The number of hydrogen-bond acceptors (Lipinski definition) is 3. The highest BCUT2D eigenvalue weighted by Crippen LogP contribution is 2.24. The zero-order chi connectivity index (χ0) is 18.4. The van der Waals surface area contributed by atoms with E-state index in [9.17, 15) is 14.4 Å². The number of aryl methyl sites for hydroxylation is 1. The Balaban J connectivity index is 1.97. The van der Waals surface area contributed by atoms with Crippen molar-refractivity contribution >= 4 is 23.5 Å². The standard InChI is InChI=1S/C19H26N2O4/c1-3-16(4-2)21-12-14(11-17(21)22)19(25)20-15-7-5-6-13(10-15)8-9-18(23)24/h5-7,10,14,16H,3-4,8-9,11-12H2,1-2H3,(H,20,25)(H,23,24). The Labute approximate surface area is 148 Å². The number of amides is 2. The predicted molar refractivity (Wildman–Crippen MR) is 95.2 cm³/mol. The number of carbonyl (C=O) groups is 3. The summed E-state index contributed by atoms with van der Waals surface area (Å²) in [6, 6.07) is 7.40. The van der Waals surface area contributed by atoms with Crippen LogP contribution in [0.5, 0.6) is 0 Å². The van der Waals surface area contributed by atoms with Gasteiger partial charge < -0.3 is 15.3 Å². The number of nitrogens with zero attached hydrogens (tertiary/aromatic N) is 1. The molecule has 1 atom stereocenters. The van der Waals surface area contributed by atoms with Gasteiger partial charge in [0, 0.05) is 31.1 Å². The van der Waals surface area contributed by atoms with E-state index in [2.05, 4.69) is 19.2 Å². The molecule has 136 valence electrons. The van der Waals surface area contributed by atoms with Crippen LogP contribution in [0.2, 0.25) is 0 Å². The lowest BCUT2D eigenvalue weighted by molar-refractivity contribution is -0.137. The Kier molecular flexibility index (Phi) is 6.56. The maximum atomic E-state index is 12.5. The summed E-state index contributed by atoms with van der Waals surface area (Å²) >= 11 is 0. The Morgan fingerprint density at radius 3 is 2.68 bits per heavy atom. The Hall–Kier alpha value is -2.37. The summed E-state index contributed by atoms with van der Waals surface area (Å²) < 4.78 is 0. The molecule has 6 heteroatoms.